The topological polar surface area (TPSA) is 64.7 Å². The van der Waals surface area contributed by atoms with Crippen LogP contribution < -0.4 is 20.4 Å². The average molecular weight is 799 g/mol. The van der Waals surface area contributed by atoms with Crippen LogP contribution in [0.1, 0.15) is 22.3 Å². The van der Waals surface area contributed by atoms with Gasteiger partial charge in [-0.3, -0.25) is 9.80 Å². The molecule has 2 aliphatic heterocycles. The Hall–Kier alpha value is -7.00. The monoisotopic (exact) mass is 798 g/mol. The molecule has 0 atom stereocenters. The van der Waals surface area contributed by atoms with Crippen molar-refractivity contribution in [3.63, 3.8) is 0 Å². The van der Waals surface area contributed by atoms with Gasteiger partial charge in [-0.1, -0.05) is 145 Å². The number of urea groups is 2. The predicted molar refractivity (Wildman–Crippen MR) is 240 cm³/mol. The summed E-state index contributed by atoms with van der Waals surface area (Å²) in [7, 11) is 0. The van der Waals surface area contributed by atoms with Crippen LogP contribution in [-0.2, 0) is 5.41 Å². The zero-order valence-electron chi connectivity index (χ0n) is 31.5. The largest absolute Gasteiger partial charge is 0.331 e. The zero-order valence-corrected chi connectivity index (χ0v) is 33.1. The molecule has 1 aliphatic carbocycles. The number of carbonyl (C=O) groups is 2. The summed E-state index contributed by atoms with van der Waals surface area (Å²) in [5.74, 6) is 0. The molecule has 282 valence electrons. The maximum Gasteiger partial charge on any atom is 0.331 e. The molecule has 0 bridgehead atoms. The minimum Gasteiger partial charge on any atom is -0.307 e. The van der Waals surface area contributed by atoms with Gasteiger partial charge in [-0.2, -0.15) is 0 Å². The maximum atomic E-state index is 14.1. The Morgan fingerprint density at radius 3 is 1.03 bits per heavy atom. The fourth-order valence-electron chi connectivity index (χ4n) is 8.84. The number of fused-ring (bicyclic) bond motifs is 7. The summed E-state index contributed by atoms with van der Waals surface area (Å²) in [6.07, 6.45) is 0. The van der Waals surface area contributed by atoms with Crippen LogP contribution in [0.25, 0.3) is 11.1 Å². The molecule has 3 aliphatic rings. The third kappa shape index (κ3) is 5.67. The number of benzene rings is 8. The molecule has 8 aromatic carbocycles. The summed E-state index contributed by atoms with van der Waals surface area (Å²) in [6.45, 7) is 0. The van der Waals surface area contributed by atoms with Crippen molar-refractivity contribution in [2.75, 3.05) is 20.4 Å². The molecular formula is C51H34N4O2S2. The van der Waals surface area contributed by atoms with Gasteiger partial charge in [-0.25, -0.2) is 9.59 Å². The molecule has 0 radical (unpaired) electrons. The van der Waals surface area contributed by atoms with Crippen LogP contribution in [-0.4, -0.2) is 12.1 Å². The fraction of sp³-hybridized carbons (Fsp3) is 0.0196. The first-order chi connectivity index (χ1) is 29.1. The summed E-state index contributed by atoms with van der Waals surface area (Å²) in [5.41, 5.74) is 11.0. The van der Waals surface area contributed by atoms with Crippen LogP contribution in [0.4, 0.5) is 43.7 Å². The van der Waals surface area contributed by atoms with Gasteiger partial charge in [0.05, 0.1) is 28.2 Å². The Labute approximate surface area is 350 Å². The number of rotatable bonds is 4. The second-order valence-electron chi connectivity index (χ2n) is 14.6. The van der Waals surface area contributed by atoms with Crippen LogP contribution in [0, 0.1) is 0 Å². The van der Waals surface area contributed by atoms with Crippen LogP contribution in [0.15, 0.2) is 214 Å². The maximum absolute atomic E-state index is 14.1. The quantitative estimate of drug-likeness (QED) is 0.186. The van der Waals surface area contributed by atoms with Crippen molar-refractivity contribution < 1.29 is 9.59 Å². The van der Waals surface area contributed by atoms with E-state index in [0.717, 1.165) is 53.5 Å². The summed E-state index contributed by atoms with van der Waals surface area (Å²) in [4.78, 5) is 36.0. The molecule has 0 unspecified atom stereocenters. The van der Waals surface area contributed by atoms with Gasteiger partial charge < -0.3 is 10.6 Å². The van der Waals surface area contributed by atoms with Crippen molar-refractivity contribution in [3.05, 3.63) is 216 Å². The van der Waals surface area contributed by atoms with Gasteiger partial charge in [0.25, 0.3) is 0 Å². The lowest BCUT2D eigenvalue weighted by Gasteiger charge is -2.34. The molecule has 0 aromatic heterocycles. The van der Waals surface area contributed by atoms with E-state index in [-0.39, 0.29) is 12.1 Å². The van der Waals surface area contributed by atoms with Gasteiger partial charge in [0, 0.05) is 31.0 Å². The molecule has 0 fully saturated rings. The Morgan fingerprint density at radius 2 is 0.678 bits per heavy atom. The van der Waals surface area contributed by atoms with Gasteiger partial charge >= 0.3 is 12.1 Å². The Balaban J connectivity index is 0.949. The van der Waals surface area contributed by atoms with Crippen molar-refractivity contribution >= 4 is 69.7 Å². The first-order valence-electron chi connectivity index (χ1n) is 19.4. The van der Waals surface area contributed by atoms with E-state index in [1.165, 1.54) is 22.3 Å². The normalized spacial score (nSPS) is 13.8. The molecule has 8 aromatic rings. The van der Waals surface area contributed by atoms with E-state index in [0.29, 0.717) is 11.4 Å². The van der Waals surface area contributed by atoms with Gasteiger partial charge in [0.15, 0.2) is 0 Å². The highest BCUT2D eigenvalue weighted by atomic mass is 32.2. The summed E-state index contributed by atoms with van der Waals surface area (Å²) in [5, 5.41) is 6.40. The molecule has 8 heteroatoms. The van der Waals surface area contributed by atoms with E-state index in [2.05, 4.69) is 83.4 Å². The highest BCUT2D eigenvalue weighted by Gasteiger charge is 2.46. The number of amides is 4. The SMILES string of the molecule is O=C(Nc1ccc(C2(c3ccc(NC(=O)N4c5ccccc5Sc5ccccc54)cc3)c3ccccc3-c3ccccc32)cc1)N1c2ccccc2Sc2ccccc21. The second-order valence-corrected chi connectivity index (χ2v) is 16.8. The van der Waals surface area contributed by atoms with Gasteiger partial charge in [-0.05, 0) is 106 Å². The third-order valence-electron chi connectivity index (χ3n) is 11.4. The zero-order chi connectivity index (χ0) is 39.5. The van der Waals surface area contributed by atoms with E-state index in [4.69, 9.17) is 0 Å². The molecule has 0 spiro atoms. The van der Waals surface area contributed by atoms with E-state index in [1.807, 2.05) is 121 Å². The number of nitrogens with zero attached hydrogens (tertiary/aromatic N) is 2. The molecule has 0 saturated carbocycles. The van der Waals surface area contributed by atoms with E-state index in [1.54, 1.807) is 33.3 Å². The summed E-state index contributed by atoms with van der Waals surface area (Å²) in [6, 6.07) is 65.2. The lowest BCUT2D eigenvalue weighted by molar-refractivity contribution is 0.258. The van der Waals surface area contributed by atoms with Crippen molar-refractivity contribution in [1.82, 2.24) is 0 Å². The van der Waals surface area contributed by atoms with Crippen LogP contribution in [0.3, 0.4) is 0 Å². The predicted octanol–water partition coefficient (Wildman–Crippen LogP) is 13.7. The minimum atomic E-state index is -0.664. The first kappa shape index (κ1) is 35.2. The Kier molecular flexibility index (Phi) is 8.43. The molecule has 2 N–H and O–H groups in total. The number of para-hydroxylation sites is 4. The van der Waals surface area contributed by atoms with Crippen molar-refractivity contribution in [3.8, 4) is 11.1 Å². The average Bonchev–Trinajstić information content (AvgIpc) is 3.58. The molecule has 2 heterocycles. The van der Waals surface area contributed by atoms with Crippen molar-refractivity contribution in [1.29, 1.82) is 0 Å². The van der Waals surface area contributed by atoms with Gasteiger partial charge in [0.2, 0.25) is 0 Å². The van der Waals surface area contributed by atoms with Crippen molar-refractivity contribution in [2.45, 2.75) is 25.0 Å². The first-order valence-corrected chi connectivity index (χ1v) is 21.1. The third-order valence-corrected chi connectivity index (χ3v) is 13.6. The van der Waals surface area contributed by atoms with E-state index < -0.39 is 5.41 Å². The Morgan fingerprint density at radius 1 is 0.373 bits per heavy atom. The van der Waals surface area contributed by atoms with E-state index >= 15 is 0 Å². The minimum absolute atomic E-state index is 0.225. The smallest absolute Gasteiger partial charge is 0.307 e. The number of carbonyl (C=O) groups excluding carboxylic acids is 2. The lowest BCUT2D eigenvalue weighted by atomic mass is 9.67. The second kappa shape index (κ2) is 14.1. The number of hydrogen-bond donors (Lipinski definition) is 2. The number of nitrogens with one attached hydrogen (secondary N) is 2. The lowest BCUT2D eigenvalue weighted by Crippen LogP contribution is -2.33. The van der Waals surface area contributed by atoms with Gasteiger partial charge in [0.1, 0.15) is 0 Å². The Bertz CT molecular complexity index is 2670. The fourth-order valence-corrected chi connectivity index (χ4v) is 11.0. The summed E-state index contributed by atoms with van der Waals surface area (Å²) >= 11 is 3.34. The number of hydrogen-bond acceptors (Lipinski definition) is 4. The molecule has 11 rings (SSSR count). The van der Waals surface area contributed by atoms with E-state index in [9.17, 15) is 9.59 Å². The molecular weight excluding hydrogens is 765 g/mol. The van der Waals surface area contributed by atoms with Gasteiger partial charge in [-0.15, -0.1) is 0 Å². The molecule has 4 amide bonds. The van der Waals surface area contributed by atoms with Crippen LogP contribution >= 0.6 is 23.5 Å². The standard InChI is InChI=1S/C51H34N4O2S2/c56-49(54-41-17-5-9-21-45(41)58-46-22-10-6-18-42(46)54)52-35-29-25-33(26-30-35)51(39-15-3-1-13-37(39)38-14-2-4-16-40(38)51)34-27-31-36(32-28-34)53-50(57)55-43-19-7-11-23-47(43)59-48-24-12-8-20-44(48)55/h1-32H,(H,52,56)(H,53,57). The highest BCUT2D eigenvalue weighted by Crippen LogP contribution is 2.56. The molecule has 0 saturated heterocycles. The van der Waals surface area contributed by atoms with Crippen molar-refractivity contribution in [2.24, 2.45) is 0 Å². The van der Waals surface area contributed by atoms with Crippen LogP contribution in [0.5, 0.6) is 0 Å². The number of anilines is 6. The molecule has 6 nitrogen and oxygen atoms in total. The summed E-state index contributed by atoms with van der Waals surface area (Å²) < 4.78 is 0. The highest BCUT2D eigenvalue weighted by molar-refractivity contribution is 8.00. The molecule has 59 heavy (non-hydrogen) atoms. The van der Waals surface area contributed by atoms with Crippen LogP contribution in [0.2, 0.25) is 0 Å².